The quantitative estimate of drug-likeness (QED) is 0.508. The molecule has 3 heterocycles. The normalized spacial score (nSPS) is 13.8. The number of nitrogens with one attached hydrogen (secondary N) is 1. The van der Waals surface area contributed by atoms with Crippen molar-refractivity contribution in [2.75, 3.05) is 31.2 Å². The van der Waals surface area contributed by atoms with Gasteiger partial charge in [-0.1, -0.05) is 36.4 Å². The highest BCUT2D eigenvalue weighted by atomic mass is 19.1. The van der Waals surface area contributed by atoms with Crippen molar-refractivity contribution in [3.63, 3.8) is 0 Å². The number of rotatable bonds is 5. The van der Waals surface area contributed by atoms with E-state index in [2.05, 4.69) is 32.6 Å². The lowest BCUT2D eigenvalue weighted by molar-refractivity contribution is 0.0948. The van der Waals surface area contributed by atoms with Crippen molar-refractivity contribution in [3.05, 3.63) is 83.9 Å². The summed E-state index contributed by atoms with van der Waals surface area (Å²) in [7, 11) is 0. The zero-order valence-electron chi connectivity index (χ0n) is 17.9. The lowest BCUT2D eigenvalue weighted by Gasteiger charge is -2.28. The fraction of sp³-hybridized carbons (Fsp3) is 0.200. The second kappa shape index (κ2) is 9.30. The number of morpholine rings is 1. The summed E-state index contributed by atoms with van der Waals surface area (Å²) < 4.78 is 19.1. The maximum atomic E-state index is 13.7. The number of carbonyl (C=O) groups is 1. The molecule has 0 unspecified atom stereocenters. The average molecular weight is 443 g/mol. The third-order valence-corrected chi connectivity index (χ3v) is 5.60. The number of hydrogen-bond donors (Lipinski definition) is 1. The van der Waals surface area contributed by atoms with E-state index in [0.29, 0.717) is 55.5 Å². The first-order chi connectivity index (χ1) is 16.2. The summed E-state index contributed by atoms with van der Waals surface area (Å²) in [4.78, 5) is 19.1. The van der Waals surface area contributed by atoms with Crippen molar-refractivity contribution >= 4 is 22.5 Å². The molecule has 33 heavy (non-hydrogen) atoms. The van der Waals surface area contributed by atoms with Crippen molar-refractivity contribution in [2.45, 2.75) is 6.54 Å². The molecule has 0 radical (unpaired) electrons. The standard InChI is InChI=1S/C25H22FN5O2/c26-21-12-20(15-27-16-21)23-13-22(24(30-29-23)31-7-9-33-10-8-31)25(32)28-14-17-5-6-18-3-1-2-4-19(18)11-17/h1-6,11-13,15-16H,7-10,14H2,(H,28,32). The van der Waals surface area contributed by atoms with Crippen molar-refractivity contribution in [3.8, 4) is 11.3 Å². The number of nitrogens with zero attached hydrogens (tertiary/aromatic N) is 4. The molecule has 2 aromatic carbocycles. The third-order valence-electron chi connectivity index (χ3n) is 5.60. The largest absolute Gasteiger partial charge is 0.378 e. The van der Waals surface area contributed by atoms with Gasteiger partial charge in [0.15, 0.2) is 5.82 Å². The molecule has 1 fully saturated rings. The average Bonchev–Trinajstić information content (AvgIpc) is 2.87. The van der Waals surface area contributed by atoms with Crippen LogP contribution in [0, 0.1) is 5.82 Å². The molecule has 1 saturated heterocycles. The van der Waals surface area contributed by atoms with Crippen LogP contribution in [0.25, 0.3) is 22.0 Å². The molecule has 0 saturated carbocycles. The van der Waals surface area contributed by atoms with Crippen LogP contribution in [0.2, 0.25) is 0 Å². The highest BCUT2D eigenvalue weighted by molar-refractivity contribution is 5.99. The van der Waals surface area contributed by atoms with E-state index in [4.69, 9.17) is 4.74 Å². The van der Waals surface area contributed by atoms with E-state index >= 15 is 0 Å². The van der Waals surface area contributed by atoms with Crippen LogP contribution >= 0.6 is 0 Å². The molecule has 0 bridgehead atoms. The molecule has 0 spiro atoms. The first-order valence-corrected chi connectivity index (χ1v) is 10.7. The van der Waals surface area contributed by atoms with Crippen molar-refractivity contribution < 1.29 is 13.9 Å². The van der Waals surface area contributed by atoms with Crippen LogP contribution in [0.4, 0.5) is 10.2 Å². The summed E-state index contributed by atoms with van der Waals surface area (Å²) >= 11 is 0. The lowest BCUT2D eigenvalue weighted by atomic mass is 10.1. The van der Waals surface area contributed by atoms with Crippen LogP contribution in [0.5, 0.6) is 0 Å². The van der Waals surface area contributed by atoms with Gasteiger partial charge in [-0.05, 0) is 34.5 Å². The topological polar surface area (TPSA) is 80.2 Å². The van der Waals surface area contributed by atoms with Crippen LogP contribution in [0.3, 0.4) is 0 Å². The molecule has 1 aliphatic heterocycles. The number of fused-ring (bicyclic) bond motifs is 1. The van der Waals surface area contributed by atoms with Crippen LogP contribution in [0.15, 0.2) is 67.0 Å². The minimum Gasteiger partial charge on any atom is -0.378 e. The molecule has 1 amide bonds. The lowest BCUT2D eigenvalue weighted by Crippen LogP contribution is -2.38. The number of amides is 1. The van der Waals surface area contributed by atoms with Gasteiger partial charge in [0, 0.05) is 31.4 Å². The predicted octanol–water partition coefficient (Wildman–Crippen LogP) is 3.60. The Morgan fingerprint density at radius 3 is 2.64 bits per heavy atom. The molecule has 5 rings (SSSR count). The molecular weight excluding hydrogens is 421 g/mol. The monoisotopic (exact) mass is 443 g/mol. The first kappa shape index (κ1) is 21.0. The molecule has 7 nitrogen and oxygen atoms in total. The van der Waals surface area contributed by atoms with Gasteiger partial charge in [-0.15, -0.1) is 10.2 Å². The first-order valence-electron chi connectivity index (χ1n) is 10.7. The van der Waals surface area contributed by atoms with Crippen molar-refractivity contribution in [2.24, 2.45) is 0 Å². The summed E-state index contributed by atoms with van der Waals surface area (Å²) in [5.74, 6) is -0.263. The number of pyridine rings is 1. The number of halogens is 1. The van der Waals surface area contributed by atoms with Gasteiger partial charge in [-0.2, -0.15) is 0 Å². The minimum absolute atomic E-state index is 0.273. The Labute approximate surface area is 190 Å². The molecule has 8 heteroatoms. The fourth-order valence-electron chi connectivity index (χ4n) is 3.88. The number of anilines is 1. The fourth-order valence-corrected chi connectivity index (χ4v) is 3.88. The van der Waals surface area contributed by atoms with E-state index in [-0.39, 0.29) is 5.91 Å². The number of ether oxygens (including phenoxy) is 1. The number of hydrogen-bond acceptors (Lipinski definition) is 6. The molecule has 0 atom stereocenters. The maximum Gasteiger partial charge on any atom is 0.255 e. The molecule has 4 aromatic rings. The second-order valence-corrected chi connectivity index (χ2v) is 7.82. The molecule has 1 aliphatic rings. The Morgan fingerprint density at radius 1 is 1.00 bits per heavy atom. The van der Waals surface area contributed by atoms with Crippen LogP contribution < -0.4 is 10.2 Å². The van der Waals surface area contributed by atoms with E-state index in [1.165, 1.54) is 12.3 Å². The Hall–Kier alpha value is -3.91. The van der Waals surface area contributed by atoms with Gasteiger partial charge in [0.2, 0.25) is 0 Å². The van der Waals surface area contributed by atoms with E-state index in [9.17, 15) is 9.18 Å². The van der Waals surface area contributed by atoms with E-state index in [0.717, 1.165) is 22.5 Å². The second-order valence-electron chi connectivity index (χ2n) is 7.82. The highest BCUT2D eigenvalue weighted by Crippen LogP contribution is 2.24. The van der Waals surface area contributed by atoms with Gasteiger partial charge in [-0.3, -0.25) is 9.78 Å². The zero-order valence-corrected chi connectivity index (χ0v) is 17.9. The smallest absolute Gasteiger partial charge is 0.255 e. The van der Waals surface area contributed by atoms with Gasteiger partial charge in [0.1, 0.15) is 5.82 Å². The zero-order chi connectivity index (χ0) is 22.6. The van der Waals surface area contributed by atoms with Gasteiger partial charge in [-0.25, -0.2) is 4.39 Å². The molecule has 166 valence electrons. The van der Waals surface area contributed by atoms with Crippen molar-refractivity contribution in [1.29, 1.82) is 0 Å². The van der Waals surface area contributed by atoms with Crippen LogP contribution in [-0.4, -0.2) is 47.4 Å². The van der Waals surface area contributed by atoms with Crippen LogP contribution in [-0.2, 0) is 11.3 Å². The number of benzene rings is 2. The van der Waals surface area contributed by atoms with Gasteiger partial charge in [0.25, 0.3) is 5.91 Å². The minimum atomic E-state index is -0.478. The molecule has 0 aliphatic carbocycles. The molecule has 1 N–H and O–H groups in total. The SMILES string of the molecule is O=C(NCc1ccc2ccccc2c1)c1cc(-c2cncc(F)c2)nnc1N1CCOCC1. The van der Waals surface area contributed by atoms with E-state index in [1.54, 1.807) is 6.07 Å². The highest BCUT2D eigenvalue weighted by Gasteiger charge is 2.22. The summed E-state index contributed by atoms with van der Waals surface area (Å²) in [6.45, 7) is 2.69. The van der Waals surface area contributed by atoms with Crippen molar-refractivity contribution in [1.82, 2.24) is 20.5 Å². The van der Waals surface area contributed by atoms with Crippen LogP contribution in [0.1, 0.15) is 15.9 Å². The Bertz CT molecular complexity index is 1310. The van der Waals surface area contributed by atoms with E-state index in [1.807, 2.05) is 35.2 Å². The van der Waals surface area contributed by atoms with E-state index < -0.39 is 5.82 Å². The van der Waals surface area contributed by atoms with Gasteiger partial charge in [0.05, 0.1) is 30.7 Å². The van der Waals surface area contributed by atoms with Gasteiger partial charge >= 0.3 is 0 Å². The maximum absolute atomic E-state index is 13.7. The Kier molecular flexibility index (Phi) is 5.91. The Balaban J connectivity index is 1.43. The van der Waals surface area contributed by atoms with Gasteiger partial charge < -0.3 is 15.0 Å². The predicted molar refractivity (Wildman–Crippen MR) is 123 cm³/mol. The molecule has 2 aromatic heterocycles. The third kappa shape index (κ3) is 4.65. The summed E-state index contributed by atoms with van der Waals surface area (Å²) in [6, 6.07) is 17.2. The summed E-state index contributed by atoms with van der Waals surface area (Å²) in [5, 5.41) is 13.8. The number of carbonyl (C=O) groups excluding carboxylic acids is 1. The summed E-state index contributed by atoms with van der Waals surface area (Å²) in [5.41, 5.74) is 2.22. The summed E-state index contributed by atoms with van der Waals surface area (Å²) in [6.07, 6.45) is 2.62. The number of aromatic nitrogens is 3. The molecular formula is C25H22FN5O2. The Morgan fingerprint density at radius 2 is 1.82 bits per heavy atom.